The first-order valence-corrected chi connectivity index (χ1v) is 8.24. The zero-order valence-corrected chi connectivity index (χ0v) is 12.8. The lowest BCUT2D eigenvalue weighted by molar-refractivity contribution is -0.123. The molecule has 3 atom stereocenters. The van der Waals surface area contributed by atoms with Gasteiger partial charge in [-0.15, -0.1) is 0 Å². The molecular formula is C19H26O. The average Bonchev–Trinajstić information content (AvgIpc) is 2.44. The van der Waals surface area contributed by atoms with E-state index in [9.17, 15) is 4.79 Å². The van der Waals surface area contributed by atoms with Gasteiger partial charge in [0.1, 0.15) is 5.78 Å². The van der Waals surface area contributed by atoms with Gasteiger partial charge in [-0.05, 0) is 54.1 Å². The van der Waals surface area contributed by atoms with Crippen molar-refractivity contribution >= 4 is 5.78 Å². The Morgan fingerprint density at radius 2 is 2.00 bits per heavy atom. The zero-order chi connectivity index (χ0) is 14.1. The van der Waals surface area contributed by atoms with Crippen molar-refractivity contribution in [3.8, 4) is 0 Å². The molecule has 0 radical (unpaired) electrons. The Kier molecular flexibility index (Phi) is 3.96. The molecule has 2 aliphatic carbocycles. The van der Waals surface area contributed by atoms with Crippen LogP contribution in [0.15, 0.2) is 24.3 Å². The van der Waals surface area contributed by atoms with Crippen LogP contribution in [0.3, 0.4) is 0 Å². The number of hydrogen-bond acceptors (Lipinski definition) is 1. The van der Waals surface area contributed by atoms with E-state index < -0.39 is 0 Å². The highest BCUT2D eigenvalue weighted by molar-refractivity contribution is 5.80. The lowest BCUT2D eigenvalue weighted by Gasteiger charge is -2.42. The zero-order valence-electron chi connectivity index (χ0n) is 12.8. The molecular weight excluding hydrogens is 244 g/mol. The summed E-state index contributed by atoms with van der Waals surface area (Å²) >= 11 is 0. The van der Waals surface area contributed by atoms with E-state index in [1.54, 1.807) is 0 Å². The fourth-order valence-electron chi connectivity index (χ4n) is 4.34. The summed E-state index contributed by atoms with van der Waals surface area (Å²) in [5, 5.41) is 0. The maximum Gasteiger partial charge on any atom is 0.133 e. The van der Waals surface area contributed by atoms with Gasteiger partial charge in [-0.2, -0.15) is 0 Å². The molecule has 0 aliphatic heterocycles. The fraction of sp³-hybridized carbons (Fsp3) is 0.632. The number of aryl methyl sites for hydroxylation is 1. The Balaban J connectivity index is 1.83. The number of fused-ring (bicyclic) bond motifs is 3. The van der Waals surface area contributed by atoms with Gasteiger partial charge in [-0.3, -0.25) is 4.79 Å². The molecule has 0 amide bonds. The molecule has 3 unspecified atom stereocenters. The van der Waals surface area contributed by atoms with Crippen LogP contribution in [0.1, 0.15) is 63.0 Å². The molecule has 1 nitrogen and oxygen atoms in total. The van der Waals surface area contributed by atoms with E-state index in [2.05, 4.69) is 38.1 Å². The predicted molar refractivity (Wildman–Crippen MR) is 82.8 cm³/mol. The highest BCUT2D eigenvalue weighted by Gasteiger charge is 2.40. The summed E-state index contributed by atoms with van der Waals surface area (Å²) in [6.45, 7) is 4.58. The molecule has 0 saturated heterocycles. The summed E-state index contributed by atoms with van der Waals surface area (Å²) in [6, 6.07) is 8.81. The Bertz CT molecular complexity index is 488. The van der Waals surface area contributed by atoms with Crippen molar-refractivity contribution in [1.82, 2.24) is 0 Å². The molecule has 108 valence electrons. The van der Waals surface area contributed by atoms with E-state index in [0.29, 0.717) is 17.6 Å². The minimum absolute atomic E-state index is 0.497. The Morgan fingerprint density at radius 1 is 1.20 bits per heavy atom. The maximum absolute atomic E-state index is 12.2. The normalized spacial score (nSPS) is 29.1. The second-order valence-corrected chi connectivity index (χ2v) is 7.19. The van der Waals surface area contributed by atoms with Crippen molar-refractivity contribution < 1.29 is 4.79 Å². The molecule has 1 fully saturated rings. The van der Waals surface area contributed by atoms with Gasteiger partial charge < -0.3 is 0 Å². The van der Waals surface area contributed by atoms with Gasteiger partial charge in [0.15, 0.2) is 0 Å². The van der Waals surface area contributed by atoms with Crippen molar-refractivity contribution in [3.63, 3.8) is 0 Å². The molecule has 20 heavy (non-hydrogen) atoms. The second kappa shape index (κ2) is 5.71. The van der Waals surface area contributed by atoms with Gasteiger partial charge in [0, 0.05) is 12.8 Å². The van der Waals surface area contributed by atoms with Crippen molar-refractivity contribution in [2.45, 2.75) is 58.3 Å². The molecule has 0 N–H and O–H groups in total. The van der Waals surface area contributed by atoms with Crippen LogP contribution in [0, 0.1) is 17.8 Å². The molecule has 0 aromatic heterocycles. The van der Waals surface area contributed by atoms with Gasteiger partial charge in [0.2, 0.25) is 0 Å². The number of rotatable bonds is 3. The average molecular weight is 270 g/mol. The lowest BCUT2D eigenvalue weighted by atomic mass is 9.62. The van der Waals surface area contributed by atoms with E-state index in [0.717, 1.165) is 24.7 Å². The van der Waals surface area contributed by atoms with E-state index in [1.807, 2.05) is 0 Å². The Hall–Kier alpha value is -1.11. The largest absolute Gasteiger partial charge is 0.300 e. The predicted octanol–water partition coefficient (Wildman–Crippen LogP) is 4.75. The Morgan fingerprint density at radius 3 is 2.80 bits per heavy atom. The first-order chi connectivity index (χ1) is 9.65. The number of carbonyl (C=O) groups excluding carboxylic acids is 1. The van der Waals surface area contributed by atoms with Crippen molar-refractivity contribution in [2.24, 2.45) is 17.8 Å². The molecule has 3 rings (SSSR count). The summed E-state index contributed by atoms with van der Waals surface area (Å²) < 4.78 is 0. The van der Waals surface area contributed by atoms with Crippen molar-refractivity contribution in [2.75, 3.05) is 0 Å². The fourth-order valence-corrected chi connectivity index (χ4v) is 4.34. The van der Waals surface area contributed by atoms with Crippen LogP contribution in [0.5, 0.6) is 0 Å². The minimum atomic E-state index is 0.497. The first-order valence-electron chi connectivity index (χ1n) is 8.24. The number of ketones is 1. The molecule has 1 saturated carbocycles. The number of Topliss-reactive ketones (excluding diaryl/α,β-unsaturated/α-hetero) is 1. The number of carbonyl (C=O) groups is 1. The van der Waals surface area contributed by atoms with Gasteiger partial charge in [-0.1, -0.05) is 44.5 Å². The van der Waals surface area contributed by atoms with E-state index in [4.69, 9.17) is 0 Å². The SMILES string of the molecule is CC(C)CCC1CC(=O)CC2c3ccccc3CCC12. The molecule has 1 aromatic rings. The van der Waals surface area contributed by atoms with Gasteiger partial charge in [-0.25, -0.2) is 0 Å². The molecule has 2 aliphatic rings. The van der Waals surface area contributed by atoms with E-state index >= 15 is 0 Å². The maximum atomic E-state index is 12.2. The smallest absolute Gasteiger partial charge is 0.133 e. The van der Waals surface area contributed by atoms with Gasteiger partial charge in [0.05, 0.1) is 0 Å². The molecule has 0 spiro atoms. The molecule has 1 aromatic carbocycles. The van der Waals surface area contributed by atoms with Crippen LogP contribution in [0.2, 0.25) is 0 Å². The summed E-state index contributed by atoms with van der Waals surface area (Å²) in [6.07, 6.45) is 6.65. The summed E-state index contributed by atoms with van der Waals surface area (Å²) in [5.74, 6) is 3.15. The van der Waals surface area contributed by atoms with Crippen LogP contribution < -0.4 is 0 Å². The standard InChI is InChI=1S/C19H26O/c1-13(2)7-8-15-11-16(20)12-19-17-6-4-3-5-14(17)9-10-18(15)19/h3-6,13,15,18-19H,7-12H2,1-2H3. The summed E-state index contributed by atoms with van der Waals surface area (Å²) in [7, 11) is 0. The van der Waals surface area contributed by atoms with Gasteiger partial charge in [0.25, 0.3) is 0 Å². The van der Waals surface area contributed by atoms with Gasteiger partial charge >= 0.3 is 0 Å². The van der Waals surface area contributed by atoms with E-state index in [-0.39, 0.29) is 0 Å². The number of hydrogen-bond donors (Lipinski definition) is 0. The summed E-state index contributed by atoms with van der Waals surface area (Å²) in [4.78, 5) is 12.2. The molecule has 0 heterocycles. The second-order valence-electron chi connectivity index (χ2n) is 7.19. The van der Waals surface area contributed by atoms with Crippen LogP contribution in [-0.2, 0) is 11.2 Å². The third-order valence-electron chi connectivity index (χ3n) is 5.38. The third-order valence-corrected chi connectivity index (χ3v) is 5.38. The van der Waals surface area contributed by atoms with Crippen molar-refractivity contribution in [1.29, 1.82) is 0 Å². The third kappa shape index (κ3) is 2.68. The minimum Gasteiger partial charge on any atom is -0.300 e. The first kappa shape index (κ1) is 13.9. The Labute approximate surface area is 122 Å². The molecule has 0 bridgehead atoms. The van der Waals surface area contributed by atoms with Crippen LogP contribution in [0.25, 0.3) is 0 Å². The highest BCUT2D eigenvalue weighted by Crippen LogP contribution is 2.48. The topological polar surface area (TPSA) is 17.1 Å². The highest BCUT2D eigenvalue weighted by atomic mass is 16.1. The van der Waals surface area contributed by atoms with Crippen molar-refractivity contribution in [3.05, 3.63) is 35.4 Å². The quantitative estimate of drug-likeness (QED) is 0.774. The number of benzene rings is 1. The van der Waals surface area contributed by atoms with Crippen LogP contribution in [-0.4, -0.2) is 5.78 Å². The van der Waals surface area contributed by atoms with Crippen LogP contribution in [0.4, 0.5) is 0 Å². The monoisotopic (exact) mass is 270 g/mol. The lowest BCUT2D eigenvalue weighted by Crippen LogP contribution is -2.35. The molecule has 1 heteroatoms. The van der Waals surface area contributed by atoms with E-state index in [1.165, 1.54) is 36.8 Å². The van der Waals surface area contributed by atoms with Crippen LogP contribution >= 0.6 is 0 Å². The summed E-state index contributed by atoms with van der Waals surface area (Å²) in [5.41, 5.74) is 2.97.